The molecule has 0 fully saturated rings. The van der Waals surface area contributed by atoms with Gasteiger partial charge in [0.2, 0.25) is 0 Å². The van der Waals surface area contributed by atoms with E-state index >= 15 is 0 Å². The molecule has 1 aromatic heterocycles. The van der Waals surface area contributed by atoms with Crippen molar-refractivity contribution in [3.63, 3.8) is 0 Å². The van der Waals surface area contributed by atoms with Crippen LogP contribution in [0.15, 0.2) is 65.2 Å². The summed E-state index contributed by atoms with van der Waals surface area (Å²) in [4.78, 5) is 23.7. The predicted octanol–water partition coefficient (Wildman–Crippen LogP) is 3.86. The average molecular weight is 385 g/mol. The van der Waals surface area contributed by atoms with Crippen LogP contribution >= 0.6 is 11.6 Å². The van der Waals surface area contributed by atoms with E-state index in [1.54, 1.807) is 30.3 Å². The molecule has 27 heavy (non-hydrogen) atoms. The van der Waals surface area contributed by atoms with Crippen molar-refractivity contribution in [3.05, 3.63) is 76.9 Å². The number of aromatic nitrogens is 1. The number of carbonyl (C=O) groups is 2. The van der Waals surface area contributed by atoms with Crippen molar-refractivity contribution >= 4 is 23.5 Å². The van der Waals surface area contributed by atoms with Gasteiger partial charge in [-0.15, -0.1) is 0 Å². The monoisotopic (exact) mass is 384 g/mol. The molecule has 0 bridgehead atoms. The van der Waals surface area contributed by atoms with E-state index in [0.29, 0.717) is 22.0 Å². The zero-order chi connectivity index (χ0) is 19.1. The summed E-state index contributed by atoms with van der Waals surface area (Å²) in [6, 6.07) is 17.7. The van der Waals surface area contributed by atoms with Gasteiger partial charge < -0.3 is 14.6 Å². The smallest absolute Gasteiger partial charge is 0.307 e. The van der Waals surface area contributed by atoms with Gasteiger partial charge in [-0.25, -0.2) is 0 Å². The Balaban J connectivity index is 1.40. The zero-order valence-electron chi connectivity index (χ0n) is 14.4. The van der Waals surface area contributed by atoms with Crippen LogP contribution in [0.25, 0.3) is 11.3 Å². The number of amides is 1. The molecule has 7 heteroatoms. The van der Waals surface area contributed by atoms with Crippen molar-refractivity contribution in [2.75, 3.05) is 6.54 Å². The average Bonchev–Trinajstić information content (AvgIpc) is 3.16. The third-order valence-corrected chi connectivity index (χ3v) is 3.97. The van der Waals surface area contributed by atoms with Gasteiger partial charge >= 0.3 is 5.97 Å². The fourth-order valence-corrected chi connectivity index (χ4v) is 2.45. The quantitative estimate of drug-likeness (QED) is 0.625. The third kappa shape index (κ3) is 5.43. The highest BCUT2D eigenvalue weighted by atomic mass is 35.5. The fourth-order valence-electron chi connectivity index (χ4n) is 2.33. The summed E-state index contributed by atoms with van der Waals surface area (Å²) in [5.74, 6) is -0.101. The number of ether oxygens (including phenoxy) is 1. The normalized spacial score (nSPS) is 10.4. The molecule has 138 valence electrons. The van der Waals surface area contributed by atoms with Crippen molar-refractivity contribution in [2.45, 2.75) is 13.0 Å². The van der Waals surface area contributed by atoms with E-state index in [1.807, 2.05) is 30.3 Å². The van der Waals surface area contributed by atoms with Crippen LogP contribution in [0.1, 0.15) is 22.5 Å². The van der Waals surface area contributed by atoms with Crippen molar-refractivity contribution < 1.29 is 18.8 Å². The second-order valence-electron chi connectivity index (χ2n) is 5.72. The lowest BCUT2D eigenvalue weighted by molar-refractivity contribution is -0.144. The van der Waals surface area contributed by atoms with E-state index < -0.39 is 5.97 Å². The number of esters is 1. The van der Waals surface area contributed by atoms with Gasteiger partial charge in [0.15, 0.2) is 5.76 Å². The molecule has 0 aliphatic heterocycles. The number of nitrogens with one attached hydrogen (secondary N) is 1. The van der Waals surface area contributed by atoms with E-state index in [-0.39, 0.29) is 25.5 Å². The van der Waals surface area contributed by atoms with Crippen LogP contribution in [-0.2, 0) is 16.1 Å². The molecular weight excluding hydrogens is 368 g/mol. The highest BCUT2D eigenvalue weighted by molar-refractivity contribution is 6.30. The Morgan fingerprint density at radius 2 is 1.81 bits per heavy atom. The molecule has 6 nitrogen and oxygen atoms in total. The summed E-state index contributed by atoms with van der Waals surface area (Å²) in [7, 11) is 0. The molecule has 0 radical (unpaired) electrons. The van der Waals surface area contributed by atoms with Crippen LogP contribution < -0.4 is 5.32 Å². The molecule has 1 amide bonds. The van der Waals surface area contributed by atoms with Gasteiger partial charge in [0.1, 0.15) is 12.3 Å². The van der Waals surface area contributed by atoms with E-state index in [0.717, 1.165) is 5.56 Å². The van der Waals surface area contributed by atoms with Crippen LogP contribution in [0, 0.1) is 0 Å². The molecule has 0 spiro atoms. The lowest BCUT2D eigenvalue weighted by atomic mass is 10.2. The number of benzene rings is 2. The third-order valence-electron chi connectivity index (χ3n) is 3.72. The number of nitrogens with zero attached hydrogens (tertiary/aromatic N) is 1. The molecule has 1 heterocycles. The Morgan fingerprint density at radius 1 is 1.07 bits per heavy atom. The van der Waals surface area contributed by atoms with Crippen molar-refractivity contribution in [1.82, 2.24) is 10.5 Å². The first-order chi connectivity index (χ1) is 13.1. The van der Waals surface area contributed by atoms with Gasteiger partial charge in [0, 0.05) is 28.8 Å². The second-order valence-corrected chi connectivity index (χ2v) is 6.16. The number of hydrogen-bond donors (Lipinski definition) is 1. The largest absolute Gasteiger partial charge is 0.459 e. The Labute approximate surface area is 161 Å². The molecular formula is C20H17ClN2O4. The second kappa shape index (κ2) is 9.00. The maximum Gasteiger partial charge on any atom is 0.307 e. The van der Waals surface area contributed by atoms with E-state index in [4.69, 9.17) is 20.9 Å². The van der Waals surface area contributed by atoms with Gasteiger partial charge in [-0.3, -0.25) is 9.59 Å². The van der Waals surface area contributed by atoms with Crippen LogP contribution in [0.3, 0.4) is 0 Å². The topological polar surface area (TPSA) is 81.4 Å². The van der Waals surface area contributed by atoms with Crippen molar-refractivity contribution in [2.24, 2.45) is 0 Å². The van der Waals surface area contributed by atoms with Gasteiger partial charge in [0.05, 0.1) is 6.42 Å². The maximum atomic E-state index is 11.9. The van der Waals surface area contributed by atoms with Crippen molar-refractivity contribution in [1.29, 1.82) is 0 Å². The summed E-state index contributed by atoms with van der Waals surface area (Å²) >= 11 is 5.78. The van der Waals surface area contributed by atoms with Gasteiger partial charge in [-0.2, -0.15) is 0 Å². The van der Waals surface area contributed by atoms with E-state index in [1.165, 1.54) is 0 Å². The summed E-state index contributed by atoms with van der Waals surface area (Å²) in [5, 5.41) is 7.10. The lowest BCUT2D eigenvalue weighted by Gasteiger charge is -2.05. The molecule has 0 atom stereocenters. The summed E-state index contributed by atoms with van der Waals surface area (Å²) in [6.45, 7) is 0.189. The van der Waals surface area contributed by atoms with E-state index in [2.05, 4.69) is 10.5 Å². The molecule has 0 aliphatic rings. The highest BCUT2D eigenvalue weighted by Crippen LogP contribution is 2.20. The molecule has 0 saturated heterocycles. The summed E-state index contributed by atoms with van der Waals surface area (Å²) in [6.07, 6.45) is 0.0583. The molecule has 0 saturated carbocycles. The Hall–Kier alpha value is -3.12. The Kier molecular flexibility index (Phi) is 6.22. The predicted molar refractivity (Wildman–Crippen MR) is 100 cm³/mol. The molecule has 3 aromatic rings. The number of halogens is 1. The van der Waals surface area contributed by atoms with E-state index in [9.17, 15) is 9.59 Å². The van der Waals surface area contributed by atoms with Gasteiger partial charge in [-0.1, -0.05) is 47.1 Å². The minimum Gasteiger partial charge on any atom is -0.459 e. The Morgan fingerprint density at radius 3 is 2.56 bits per heavy atom. The molecule has 0 aliphatic carbocycles. The van der Waals surface area contributed by atoms with Crippen LogP contribution in [0.4, 0.5) is 0 Å². The molecule has 1 N–H and O–H groups in total. The van der Waals surface area contributed by atoms with Crippen LogP contribution in [0.2, 0.25) is 5.02 Å². The first kappa shape index (κ1) is 18.7. The first-order valence-electron chi connectivity index (χ1n) is 8.32. The molecule has 2 aromatic carbocycles. The van der Waals surface area contributed by atoms with Gasteiger partial charge in [0.25, 0.3) is 5.91 Å². The number of rotatable bonds is 7. The summed E-state index contributed by atoms with van der Waals surface area (Å²) in [5.41, 5.74) is 1.89. The SMILES string of the molecule is O=C(CCNC(=O)c1ccc(Cl)cc1)OCc1cc(-c2ccccc2)on1. The Bertz CT molecular complexity index is 907. The van der Waals surface area contributed by atoms with Crippen LogP contribution in [-0.4, -0.2) is 23.6 Å². The number of hydrogen-bond acceptors (Lipinski definition) is 5. The minimum absolute atomic E-state index is 0.0142. The highest BCUT2D eigenvalue weighted by Gasteiger charge is 2.10. The maximum absolute atomic E-state index is 11.9. The standard InChI is InChI=1S/C20H17ClN2O4/c21-16-8-6-15(7-9-16)20(25)22-11-10-19(24)26-13-17-12-18(27-23-17)14-4-2-1-3-5-14/h1-9,12H,10-11,13H2,(H,22,25). The zero-order valence-corrected chi connectivity index (χ0v) is 15.1. The first-order valence-corrected chi connectivity index (χ1v) is 8.70. The van der Waals surface area contributed by atoms with Gasteiger partial charge in [-0.05, 0) is 24.3 Å². The van der Waals surface area contributed by atoms with Crippen LogP contribution in [0.5, 0.6) is 0 Å². The minimum atomic E-state index is -0.435. The molecule has 3 rings (SSSR count). The fraction of sp³-hybridized carbons (Fsp3) is 0.150. The summed E-state index contributed by atoms with van der Waals surface area (Å²) < 4.78 is 10.4. The molecule has 0 unspecified atom stereocenters. The lowest BCUT2D eigenvalue weighted by Crippen LogP contribution is -2.26. The number of carbonyl (C=O) groups excluding carboxylic acids is 2. The van der Waals surface area contributed by atoms with Crippen molar-refractivity contribution in [3.8, 4) is 11.3 Å².